The molecule has 1 aromatic carbocycles. The van der Waals surface area contributed by atoms with Crippen LogP contribution in [0.15, 0.2) is 18.2 Å². The van der Waals surface area contributed by atoms with Crippen molar-refractivity contribution in [1.29, 1.82) is 0 Å². The third-order valence-electron chi connectivity index (χ3n) is 4.20. The monoisotopic (exact) mass is 262 g/mol. The van der Waals surface area contributed by atoms with Crippen molar-refractivity contribution >= 4 is 0 Å². The van der Waals surface area contributed by atoms with Crippen molar-refractivity contribution < 1.29 is 9.47 Å². The van der Waals surface area contributed by atoms with Crippen LogP contribution in [0.4, 0.5) is 0 Å². The predicted molar refractivity (Wildman–Crippen MR) is 74.3 cm³/mol. The van der Waals surface area contributed by atoms with Crippen molar-refractivity contribution in [2.45, 2.75) is 31.7 Å². The van der Waals surface area contributed by atoms with Gasteiger partial charge in [0, 0.05) is 12.6 Å². The molecule has 2 aliphatic rings. The molecule has 0 bridgehead atoms. The smallest absolute Gasteiger partial charge is 0.231 e. The minimum Gasteiger partial charge on any atom is -0.454 e. The maximum atomic E-state index is 5.88. The van der Waals surface area contributed by atoms with Gasteiger partial charge in [0.05, 0.1) is 0 Å². The standard InChI is InChI=1S/C15H22N2O2/c16-9-13(17-7-6-11-2-1-3-11)12-4-5-14-15(8-12)19-10-18-14/h4-5,8,11,13,17H,1-3,6-7,9-10,16H2. The molecular weight excluding hydrogens is 240 g/mol. The third kappa shape index (κ3) is 2.85. The highest BCUT2D eigenvalue weighted by Crippen LogP contribution is 2.34. The first kappa shape index (κ1) is 12.8. The topological polar surface area (TPSA) is 56.5 Å². The molecule has 1 atom stereocenters. The maximum absolute atomic E-state index is 5.88. The highest BCUT2D eigenvalue weighted by Gasteiger charge is 2.19. The number of rotatable bonds is 6. The zero-order valence-corrected chi connectivity index (χ0v) is 11.2. The van der Waals surface area contributed by atoms with Gasteiger partial charge in [-0.05, 0) is 36.6 Å². The van der Waals surface area contributed by atoms with Gasteiger partial charge in [-0.2, -0.15) is 0 Å². The van der Waals surface area contributed by atoms with E-state index in [0.717, 1.165) is 24.0 Å². The Hall–Kier alpha value is -1.26. The summed E-state index contributed by atoms with van der Waals surface area (Å²) in [5.74, 6) is 2.59. The average molecular weight is 262 g/mol. The van der Waals surface area contributed by atoms with Gasteiger partial charge >= 0.3 is 0 Å². The summed E-state index contributed by atoms with van der Waals surface area (Å²) < 4.78 is 10.7. The molecule has 0 radical (unpaired) electrons. The van der Waals surface area contributed by atoms with Crippen LogP contribution in [-0.2, 0) is 0 Å². The van der Waals surface area contributed by atoms with E-state index in [2.05, 4.69) is 11.4 Å². The fourth-order valence-electron chi connectivity index (χ4n) is 2.71. The molecule has 1 aliphatic carbocycles. The molecule has 0 saturated heterocycles. The van der Waals surface area contributed by atoms with Crippen LogP contribution in [-0.4, -0.2) is 19.9 Å². The minimum atomic E-state index is 0.203. The predicted octanol–water partition coefficient (Wildman–Crippen LogP) is 2.19. The van der Waals surface area contributed by atoms with E-state index in [-0.39, 0.29) is 6.04 Å². The number of hydrogen-bond donors (Lipinski definition) is 2. The zero-order valence-electron chi connectivity index (χ0n) is 11.2. The average Bonchev–Trinajstić information content (AvgIpc) is 2.84. The number of nitrogens with two attached hydrogens (primary N) is 1. The van der Waals surface area contributed by atoms with Crippen LogP contribution in [0.1, 0.15) is 37.3 Å². The molecule has 4 nitrogen and oxygen atoms in total. The van der Waals surface area contributed by atoms with Crippen molar-refractivity contribution in [3.63, 3.8) is 0 Å². The van der Waals surface area contributed by atoms with Gasteiger partial charge in [0.1, 0.15) is 0 Å². The molecule has 1 unspecified atom stereocenters. The van der Waals surface area contributed by atoms with E-state index >= 15 is 0 Å². The Labute approximate surface area is 114 Å². The summed E-state index contributed by atoms with van der Waals surface area (Å²) >= 11 is 0. The zero-order chi connectivity index (χ0) is 13.1. The Morgan fingerprint density at radius 3 is 2.84 bits per heavy atom. The van der Waals surface area contributed by atoms with Crippen molar-refractivity contribution in [2.24, 2.45) is 11.7 Å². The summed E-state index contributed by atoms with van der Waals surface area (Å²) in [6.07, 6.45) is 5.48. The second kappa shape index (κ2) is 5.80. The Bertz CT molecular complexity index is 432. The number of nitrogens with one attached hydrogen (secondary N) is 1. The highest BCUT2D eigenvalue weighted by atomic mass is 16.7. The van der Waals surface area contributed by atoms with Crippen LogP contribution in [0.25, 0.3) is 0 Å². The lowest BCUT2D eigenvalue weighted by Crippen LogP contribution is -2.30. The van der Waals surface area contributed by atoms with E-state index in [1.54, 1.807) is 0 Å². The molecule has 19 heavy (non-hydrogen) atoms. The SMILES string of the molecule is NCC(NCCC1CCC1)c1ccc2c(c1)OCO2. The van der Waals surface area contributed by atoms with Gasteiger partial charge in [-0.15, -0.1) is 0 Å². The summed E-state index contributed by atoms with van der Waals surface area (Å²) in [4.78, 5) is 0. The lowest BCUT2D eigenvalue weighted by Gasteiger charge is -2.26. The molecule has 0 spiro atoms. The molecule has 3 rings (SSSR count). The van der Waals surface area contributed by atoms with Crippen LogP contribution in [0.5, 0.6) is 11.5 Å². The highest BCUT2D eigenvalue weighted by molar-refractivity contribution is 5.45. The van der Waals surface area contributed by atoms with E-state index in [0.29, 0.717) is 13.3 Å². The van der Waals surface area contributed by atoms with Gasteiger partial charge in [-0.1, -0.05) is 25.3 Å². The van der Waals surface area contributed by atoms with Crippen molar-refractivity contribution in [1.82, 2.24) is 5.32 Å². The number of ether oxygens (including phenoxy) is 2. The largest absolute Gasteiger partial charge is 0.454 e. The summed E-state index contributed by atoms with van der Waals surface area (Å²) in [5.41, 5.74) is 7.06. The van der Waals surface area contributed by atoms with Gasteiger partial charge in [0.25, 0.3) is 0 Å². The molecule has 3 N–H and O–H groups in total. The van der Waals surface area contributed by atoms with Gasteiger partial charge in [-0.25, -0.2) is 0 Å². The Kier molecular flexibility index (Phi) is 3.89. The summed E-state index contributed by atoms with van der Waals surface area (Å²) in [7, 11) is 0. The lowest BCUT2D eigenvalue weighted by atomic mass is 9.83. The first-order valence-electron chi connectivity index (χ1n) is 7.20. The van der Waals surface area contributed by atoms with Gasteiger partial charge in [0.15, 0.2) is 11.5 Å². The minimum absolute atomic E-state index is 0.203. The van der Waals surface area contributed by atoms with E-state index in [4.69, 9.17) is 15.2 Å². The number of fused-ring (bicyclic) bond motifs is 1. The third-order valence-corrected chi connectivity index (χ3v) is 4.20. The Balaban J connectivity index is 1.57. The van der Waals surface area contributed by atoms with Gasteiger partial charge in [-0.3, -0.25) is 0 Å². The molecule has 0 amide bonds. The Morgan fingerprint density at radius 1 is 1.26 bits per heavy atom. The molecular formula is C15H22N2O2. The molecule has 104 valence electrons. The van der Waals surface area contributed by atoms with Crippen molar-refractivity contribution in [3.8, 4) is 11.5 Å². The van der Waals surface area contributed by atoms with Gasteiger partial charge in [0.2, 0.25) is 6.79 Å². The molecule has 0 aromatic heterocycles. The summed E-state index contributed by atoms with van der Waals surface area (Å²) in [5, 5.41) is 3.55. The molecule has 1 heterocycles. The second-order valence-corrected chi connectivity index (χ2v) is 5.44. The molecule has 1 aromatic rings. The van der Waals surface area contributed by atoms with Crippen LogP contribution < -0.4 is 20.5 Å². The molecule has 1 saturated carbocycles. The van der Waals surface area contributed by atoms with E-state index in [9.17, 15) is 0 Å². The molecule has 4 heteroatoms. The Morgan fingerprint density at radius 2 is 2.11 bits per heavy atom. The van der Waals surface area contributed by atoms with Crippen molar-refractivity contribution in [3.05, 3.63) is 23.8 Å². The number of hydrogen-bond acceptors (Lipinski definition) is 4. The van der Waals surface area contributed by atoms with Crippen LogP contribution in [0.3, 0.4) is 0 Å². The van der Waals surface area contributed by atoms with Crippen LogP contribution >= 0.6 is 0 Å². The molecule has 1 fully saturated rings. The van der Waals surface area contributed by atoms with Gasteiger partial charge < -0.3 is 20.5 Å². The van der Waals surface area contributed by atoms with E-state index < -0.39 is 0 Å². The second-order valence-electron chi connectivity index (χ2n) is 5.44. The maximum Gasteiger partial charge on any atom is 0.231 e. The summed E-state index contributed by atoms with van der Waals surface area (Å²) in [6.45, 7) is 1.96. The van der Waals surface area contributed by atoms with Crippen LogP contribution in [0, 0.1) is 5.92 Å². The van der Waals surface area contributed by atoms with E-state index in [1.165, 1.54) is 31.2 Å². The fraction of sp³-hybridized carbons (Fsp3) is 0.600. The summed E-state index contributed by atoms with van der Waals surface area (Å²) in [6, 6.07) is 6.28. The normalized spacial score (nSPS) is 19.2. The number of benzene rings is 1. The first-order chi connectivity index (χ1) is 9.36. The lowest BCUT2D eigenvalue weighted by molar-refractivity contribution is 0.174. The van der Waals surface area contributed by atoms with Crippen molar-refractivity contribution in [2.75, 3.05) is 19.9 Å². The fourth-order valence-corrected chi connectivity index (χ4v) is 2.71. The quantitative estimate of drug-likeness (QED) is 0.825. The van der Waals surface area contributed by atoms with E-state index in [1.807, 2.05) is 12.1 Å². The van der Waals surface area contributed by atoms with Crippen LogP contribution in [0.2, 0.25) is 0 Å². The first-order valence-corrected chi connectivity index (χ1v) is 7.20. The molecule has 1 aliphatic heterocycles.